The van der Waals surface area contributed by atoms with E-state index in [2.05, 4.69) is 36.1 Å². The van der Waals surface area contributed by atoms with Gasteiger partial charge in [0, 0.05) is 17.8 Å². The van der Waals surface area contributed by atoms with Crippen molar-refractivity contribution < 1.29 is 0 Å². The number of hydrogen-bond donors (Lipinski definition) is 1. The number of nitrogens with one attached hydrogen (secondary N) is 1. The van der Waals surface area contributed by atoms with Crippen LogP contribution in [0.5, 0.6) is 0 Å². The van der Waals surface area contributed by atoms with Crippen LogP contribution >= 0.6 is 0 Å². The van der Waals surface area contributed by atoms with E-state index in [-0.39, 0.29) is 0 Å². The number of fused-ring (bicyclic) bond motifs is 1. The Morgan fingerprint density at radius 1 is 1.50 bits per heavy atom. The molecule has 0 aliphatic carbocycles. The van der Waals surface area contributed by atoms with Gasteiger partial charge in [0.2, 0.25) is 0 Å². The molecule has 0 fully saturated rings. The van der Waals surface area contributed by atoms with Crippen molar-refractivity contribution in [3.05, 3.63) is 30.1 Å². The molecule has 0 spiro atoms. The first-order chi connectivity index (χ1) is 6.83. The van der Waals surface area contributed by atoms with E-state index >= 15 is 0 Å². The predicted molar refractivity (Wildman–Crippen MR) is 59.4 cm³/mol. The molecule has 2 heteroatoms. The van der Waals surface area contributed by atoms with Crippen molar-refractivity contribution in [3.8, 4) is 0 Å². The molecular weight excluding hydrogens is 172 g/mol. The molecule has 2 nitrogen and oxygen atoms in total. The Kier molecular flexibility index (Phi) is 2.53. The summed E-state index contributed by atoms with van der Waals surface area (Å²) in [5.74, 6) is 0.623. The maximum atomic E-state index is 4.29. The molecule has 0 saturated heterocycles. The molecule has 2 aromatic heterocycles. The smallest absolute Gasteiger partial charge is 0.137 e. The van der Waals surface area contributed by atoms with Crippen molar-refractivity contribution in [2.45, 2.75) is 32.6 Å². The second kappa shape index (κ2) is 3.82. The molecule has 1 N–H and O–H groups in total. The van der Waals surface area contributed by atoms with Crippen molar-refractivity contribution >= 4 is 11.0 Å². The van der Waals surface area contributed by atoms with Gasteiger partial charge in [-0.05, 0) is 30.0 Å². The van der Waals surface area contributed by atoms with Crippen molar-refractivity contribution in [1.82, 2.24) is 9.97 Å². The van der Waals surface area contributed by atoms with Crippen molar-refractivity contribution in [2.75, 3.05) is 0 Å². The minimum absolute atomic E-state index is 0.623. The third-order valence-corrected chi connectivity index (χ3v) is 2.74. The van der Waals surface area contributed by atoms with Gasteiger partial charge in [0.25, 0.3) is 0 Å². The average Bonchev–Trinajstić information content (AvgIpc) is 2.61. The Morgan fingerprint density at radius 2 is 2.36 bits per heavy atom. The number of pyridine rings is 1. The van der Waals surface area contributed by atoms with E-state index in [1.165, 1.54) is 23.8 Å². The molecule has 0 bridgehead atoms. The number of aromatic amines is 1. The van der Waals surface area contributed by atoms with E-state index in [9.17, 15) is 0 Å². The van der Waals surface area contributed by atoms with Crippen LogP contribution in [0.1, 0.15) is 38.2 Å². The minimum atomic E-state index is 0.623. The Hall–Kier alpha value is -1.31. The zero-order valence-electron chi connectivity index (χ0n) is 8.75. The SMILES string of the molecule is CCCC(C)c1c[nH]c2ncccc12. The van der Waals surface area contributed by atoms with Crippen LogP contribution in [0.2, 0.25) is 0 Å². The molecule has 1 unspecified atom stereocenters. The van der Waals surface area contributed by atoms with Gasteiger partial charge in [0.05, 0.1) is 0 Å². The van der Waals surface area contributed by atoms with E-state index in [1.807, 2.05) is 12.3 Å². The van der Waals surface area contributed by atoms with Gasteiger partial charge < -0.3 is 4.98 Å². The number of aromatic nitrogens is 2. The first-order valence-electron chi connectivity index (χ1n) is 5.25. The van der Waals surface area contributed by atoms with Gasteiger partial charge in [-0.3, -0.25) is 0 Å². The van der Waals surface area contributed by atoms with E-state index < -0.39 is 0 Å². The highest BCUT2D eigenvalue weighted by Gasteiger charge is 2.09. The first-order valence-corrected chi connectivity index (χ1v) is 5.25. The van der Waals surface area contributed by atoms with Gasteiger partial charge >= 0.3 is 0 Å². The summed E-state index contributed by atoms with van der Waals surface area (Å²) in [4.78, 5) is 7.51. The molecule has 2 heterocycles. The molecule has 0 amide bonds. The number of nitrogens with zero attached hydrogens (tertiary/aromatic N) is 1. The Morgan fingerprint density at radius 3 is 3.14 bits per heavy atom. The maximum absolute atomic E-state index is 4.29. The lowest BCUT2D eigenvalue weighted by molar-refractivity contribution is 0.669. The lowest BCUT2D eigenvalue weighted by Crippen LogP contribution is -1.90. The number of rotatable bonds is 3. The van der Waals surface area contributed by atoms with Crippen LogP contribution in [0.15, 0.2) is 24.5 Å². The summed E-state index contributed by atoms with van der Waals surface area (Å²) in [6, 6.07) is 4.14. The summed E-state index contributed by atoms with van der Waals surface area (Å²) >= 11 is 0. The molecule has 0 radical (unpaired) electrons. The van der Waals surface area contributed by atoms with E-state index in [0.717, 1.165) is 5.65 Å². The summed E-state index contributed by atoms with van der Waals surface area (Å²) in [5, 5.41) is 1.27. The Bertz CT molecular complexity index is 417. The van der Waals surface area contributed by atoms with Gasteiger partial charge in [0.1, 0.15) is 5.65 Å². The molecular formula is C12H16N2. The van der Waals surface area contributed by atoms with Crippen LogP contribution in [0.25, 0.3) is 11.0 Å². The molecule has 0 aliphatic rings. The van der Waals surface area contributed by atoms with Gasteiger partial charge in [-0.25, -0.2) is 4.98 Å². The van der Waals surface area contributed by atoms with Crippen LogP contribution in [0.3, 0.4) is 0 Å². The second-order valence-corrected chi connectivity index (χ2v) is 3.83. The highest BCUT2D eigenvalue weighted by molar-refractivity contribution is 5.79. The van der Waals surface area contributed by atoms with Crippen LogP contribution < -0.4 is 0 Å². The lowest BCUT2D eigenvalue weighted by Gasteiger charge is -2.07. The number of hydrogen-bond acceptors (Lipinski definition) is 1. The zero-order chi connectivity index (χ0) is 9.97. The Balaban J connectivity index is 2.42. The third kappa shape index (κ3) is 1.52. The molecule has 0 aromatic carbocycles. The summed E-state index contributed by atoms with van der Waals surface area (Å²) in [7, 11) is 0. The fourth-order valence-corrected chi connectivity index (χ4v) is 1.97. The van der Waals surface area contributed by atoms with Crippen LogP contribution in [0.4, 0.5) is 0 Å². The van der Waals surface area contributed by atoms with Crippen LogP contribution in [-0.4, -0.2) is 9.97 Å². The highest BCUT2D eigenvalue weighted by atomic mass is 14.8. The molecule has 0 aliphatic heterocycles. The monoisotopic (exact) mass is 188 g/mol. The van der Waals surface area contributed by atoms with E-state index in [4.69, 9.17) is 0 Å². The van der Waals surface area contributed by atoms with Gasteiger partial charge in [-0.15, -0.1) is 0 Å². The second-order valence-electron chi connectivity index (χ2n) is 3.83. The summed E-state index contributed by atoms with van der Waals surface area (Å²) in [6.45, 7) is 4.50. The fourth-order valence-electron chi connectivity index (χ4n) is 1.97. The third-order valence-electron chi connectivity index (χ3n) is 2.74. The van der Waals surface area contributed by atoms with Gasteiger partial charge in [-0.2, -0.15) is 0 Å². The molecule has 2 rings (SSSR count). The summed E-state index contributed by atoms with van der Waals surface area (Å²) in [5.41, 5.74) is 2.40. The largest absolute Gasteiger partial charge is 0.346 e. The van der Waals surface area contributed by atoms with E-state index in [1.54, 1.807) is 0 Å². The fraction of sp³-hybridized carbons (Fsp3) is 0.417. The molecule has 14 heavy (non-hydrogen) atoms. The number of H-pyrrole nitrogens is 1. The molecule has 2 aromatic rings. The molecule has 0 saturated carbocycles. The maximum Gasteiger partial charge on any atom is 0.137 e. The van der Waals surface area contributed by atoms with Crippen molar-refractivity contribution in [3.63, 3.8) is 0 Å². The standard InChI is InChI=1S/C12H16N2/c1-3-5-9(2)11-8-14-12-10(11)6-4-7-13-12/h4,6-9H,3,5H2,1-2H3,(H,13,14). The Labute approximate surface area is 84.4 Å². The quantitative estimate of drug-likeness (QED) is 0.785. The normalized spacial score (nSPS) is 13.3. The summed E-state index contributed by atoms with van der Waals surface area (Å²) < 4.78 is 0. The van der Waals surface area contributed by atoms with Crippen molar-refractivity contribution in [1.29, 1.82) is 0 Å². The molecule has 74 valence electrons. The average molecular weight is 188 g/mol. The highest BCUT2D eigenvalue weighted by Crippen LogP contribution is 2.26. The van der Waals surface area contributed by atoms with Gasteiger partial charge in [-0.1, -0.05) is 20.3 Å². The zero-order valence-corrected chi connectivity index (χ0v) is 8.75. The van der Waals surface area contributed by atoms with E-state index in [0.29, 0.717) is 5.92 Å². The first kappa shape index (κ1) is 9.25. The topological polar surface area (TPSA) is 28.7 Å². The van der Waals surface area contributed by atoms with Crippen molar-refractivity contribution in [2.24, 2.45) is 0 Å². The molecule has 1 atom stereocenters. The van der Waals surface area contributed by atoms with Crippen LogP contribution in [0, 0.1) is 0 Å². The minimum Gasteiger partial charge on any atom is -0.346 e. The summed E-state index contributed by atoms with van der Waals surface area (Å²) in [6.07, 6.45) is 6.39. The van der Waals surface area contributed by atoms with Crippen LogP contribution in [-0.2, 0) is 0 Å². The predicted octanol–water partition coefficient (Wildman–Crippen LogP) is 3.47. The van der Waals surface area contributed by atoms with Gasteiger partial charge in [0.15, 0.2) is 0 Å². The lowest BCUT2D eigenvalue weighted by atomic mass is 9.97.